The molecule has 2 aromatic heterocycles. The average Bonchev–Trinajstić information content (AvgIpc) is 2.85. The predicted octanol–water partition coefficient (Wildman–Crippen LogP) is 1.41. The molecule has 15 heavy (non-hydrogen) atoms. The van der Waals surface area contributed by atoms with Crippen LogP contribution in [-0.2, 0) is 5.41 Å². The highest BCUT2D eigenvalue weighted by molar-refractivity contribution is 6.32. The SMILES string of the molecule is CC1(c2nc(Cl)c3cnc(N)nn23)CC1. The molecule has 0 atom stereocenters. The molecule has 0 radical (unpaired) electrons. The number of aromatic nitrogens is 4. The molecule has 0 aliphatic heterocycles. The van der Waals surface area contributed by atoms with Crippen LogP contribution in [0.5, 0.6) is 0 Å². The normalized spacial score (nSPS) is 18.3. The van der Waals surface area contributed by atoms with Gasteiger partial charge in [0.05, 0.1) is 6.20 Å². The maximum Gasteiger partial charge on any atom is 0.238 e. The number of nitrogens with zero attached hydrogens (tertiary/aromatic N) is 4. The molecule has 78 valence electrons. The molecule has 1 aliphatic rings. The Kier molecular flexibility index (Phi) is 1.55. The minimum atomic E-state index is 0.108. The van der Waals surface area contributed by atoms with Crippen LogP contribution in [-0.4, -0.2) is 19.6 Å². The van der Waals surface area contributed by atoms with Gasteiger partial charge in [0.25, 0.3) is 0 Å². The van der Waals surface area contributed by atoms with Gasteiger partial charge in [0.15, 0.2) is 5.15 Å². The minimum Gasteiger partial charge on any atom is -0.367 e. The van der Waals surface area contributed by atoms with Crippen molar-refractivity contribution in [1.29, 1.82) is 0 Å². The zero-order valence-electron chi connectivity index (χ0n) is 8.24. The first-order chi connectivity index (χ1) is 7.10. The minimum absolute atomic E-state index is 0.108. The van der Waals surface area contributed by atoms with E-state index >= 15 is 0 Å². The molecule has 1 aliphatic carbocycles. The van der Waals surface area contributed by atoms with Crippen LogP contribution in [0.15, 0.2) is 6.20 Å². The van der Waals surface area contributed by atoms with Gasteiger partial charge < -0.3 is 5.73 Å². The van der Waals surface area contributed by atoms with Gasteiger partial charge in [-0.1, -0.05) is 18.5 Å². The first-order valence-corrected chi connectivity index (χ1v) is 5.15. The topological polar surface area (TPSA) is 69.1 Å². The van der Waals surface area contributed by atoms with E-state index in [4.69, 9.17) is 17.3 Å². The molecule has 5 nitrogen and oxygen atoms in total. The van der Waals surface area contributed by atoms with E-state index in [-0.39, 0.29) is 11.4 Å². The lowest BCUT2D eigenvalue weighted by Crippen LogP contribution is -2.10. The van der Waals surface area contributed by atoms with Crippen LogP contribution in [0, 0.1) is 0 Å². The number of anilines is 1. The Morgan fingerprint density at radius 2 is 2.27 bits per heavy atom. The summed E-state index contributed by atoms with van der Waals surface area (Å²) in [7, 11) is 0. The van der Waals surface area contributed by atoms with Gasteiger partial charge in [-0.15, -0.1) is 5.10 Å². The lowest BCUT2D eigenvalue weighted by molar-refractivity contribution is 0.672. The number of nitrogens with two attached hydrogens (primary N) is 1. The monoisotopic (exact) mass is 223 g/mol. The fraction of sp³-hybridized carbons (Fsp3) is 0.444. The first kappa shape index (κ1) is 8.91. The van der Waals surface area contributed by atoms with Crippen molar-refractivity contribution < 1.29 is 0 Å². The molecule has 0 spiro atoms. The molecule has 0 bridgehead atoms. The van der Waals surface area contributed by atoms with Crippen molar-refractivity contribution in [3.05, 3.63) is 17.2 Å². The average molecular weight is 224 g/mol. The van der Waals surface area contributed by atoms with E-state index < -0.39 is 0 Å². The highest BCUT2D eigenvalue weighted by Crippen LogP contribution is 2.47. The number of rotatable bonds is 1. The molecule has 0 saturated heterocycles. The van der Waals surface area contributed by atoms with Gasteiger partial charge in [-0.25, -0.2) is 14.5 Å². The maximum absolute atomic E-state index is 6.01. The van der Waals surface area contributed by atoms with Crippen molar-refractivity contribution in [2.75, 3.05) is 5.73 Å². The quantitative estimate of drug-likeness (QED) is 0.794. The third kappa shape index (κ3) is 1.19. The van der Waals surface area contributed by atoms with Crippen LogP contribution in [0.2, 0.25) is 5.15 Å². The van der Waals surface area contributed by atoms with Crippen molar-refractivity contribution >= 4 is 23.1 Å². The van der Waals surface area contributed by atoms with Gasteiger partial charge in [-0.05, 0) is 12.8 Å². The van der Waals surface area contributed by atoms with Crippen LogP contribution < -0.4 is 5.73 Å². The molecule has 1 saturated carbocycles. The molecule has 2 heterocycles. The maximum atomic E-state index is 6.01. The van der Waals surface area contributed by atoms with Crippen LogP contribution >= 0.6 is 11.6 Å². The fourth-order valence-electron chi connectivity index (χ4n) is 1.67. The smallest absolute Gasteiger partial charge is 0.238 e. The molecule has 2 N–H and O–H groups in total. The summed E-state index contributed by atoms with van der Waals surface area (Å²) in [6, 6.07) is 0. The lowest BCUT2D eigenvalue weighted by Gasteiger charge is -2.05. The van der Waals surface area contributed by atoms with E-state index in [1.54, 1.807) is 10.7 Å². The summed E-state index contributed by atoms with van der Waals surface area (Å²) in [6.07, 6.45) is 3.84. The van der Waals surface area contributed by atoms with Gasteiger partial charge in [-0.3, -0.25) is 0 Å². The molecule has 0 aromatic carbocycles. The van der Waals surface area contributed by atoms with E-state index in [0.717, 1.165) is 18.7 Å². The van der Waals surface area contributed by atoms with Crippen LogP contribution in [0.3, 0.4) is 0 Å². The fourth-order valence-corrected chi connectivity index (χ4v) is 1.87. The third-order valence-electron chi connectivity index (χ3n) is 2.91. The summed E-state index contributed by atoms with van der Waals surface area (Å²) >= 11 is 6.01. The number of hydrogen-bond acceptors (Lipinski definition) is 4. The number of hydrogen-bond donors (Lipinski definition) is 1. The summed E-state index contributed by atoms with van der Waals surface area (Å²) in [5.74, 6) is 1.12. The van der Waals surface area contributed by atoms with Crippen molar-refractivity contribution in [3.63, 3.8) is 0 Å². The molecule has 0 amide bonds. The molecule has 1 fully saturated rings. The number of fused-ring (bicyclic) bond motifs is 1. The molecule has 2 aromatic rings. The summed E-state index contributed by atoms with van der Waals surface area (Å²) in [5, 5.41) is 4.58. The molecule has 6 heteroatoms. The second-order valence-electron chi connectivity index (χ2n) is 4.20. The number of imidazole rings is 1. The van der Waals surface area contributed by atoms with Gasteiger partial charge in [0.2, 0.25) is 5.95 Å². The summed E-state index contributed by atoms with van der Waals surface area (Å²) in [4.78, 5) is 8.24. The third-order valence-corrected chi connectivity index (χ3v) is 3.18. The van der Waals surface area contributed by atoms with Gasteiger partial charge in [0.1, 0.15) is 11.3 Å². The van der Waals surface area contributed by atoms with Crippen molar-refractivity contribution in [2.24, 2.45) is 0 Å². The Balaban J connectivity index is 2.34. The van der Waals surface area contributed by atoms with E-state index in [2.05, 4.69) is 22.0 Å². The molecule has 0 unspecified atom stereocenters. The van der Waals surface area contributed by atoms with E-state index in [9.17, 15) is 0 Å². The van der Waals surface area contributed by atoms with Crippen LogP contribution in [0.4, 0.5) is 5.95 Å². The zero-order valence-corrected chi connectivity index (χ0v) is 8.99. The van der Waals surface area contributed by atoms with Crippen LogP contribution in [0.1, 0.15) is 25.6 Å². The van der Waals surface area contributed by atoms with Gasteiger partial charge in [-0.2, -0.15) is 0 Å². The van der Waals surface area contributed by atoms with E-state index in [0.29, 0.717) is 10.7 Å². The van der Waals surface area contributed by atoms with Crippen LogP contribution in [0.25, 0.3) is 5.52 Å². The van der Waals surface area contributed by atoms with Gasteiger partial charge >= 0.3 is 0 Å². The van der Waals surface area contributed by atoms with Gasteiger partial charge in [0, 0.05) is 5.41 Å². The second-order valence-corrected chi connectivity index (χ2v) is 4.56. The lowest BCUT2D eigenvalue weighted by atomic mass is 10.1. The number of halogens is 1. The Morgan fingerprint density at radius 1 is 1.53 bits per heavy atom. The number of nitrogen functional groups attached to an aromatic ring is 1. The standard InChI is InChI=1S/C9H10ClN5/c1-9(2-3-9)7-13-6(10)5-4-12-8(11)14-15(5)7/h4H,2-3H2,1H3,(H2,11,14). The summed E-state index contributed by atoms with van der Waals surface area (Å²) in [5.41, 5.74) is 6.38. The molecular weight excluding hydrogens is 214 g/mol. The predicted molar refractivity (Wildman–Crippen MR) is 56.8 cm³/mol. The van der Waals surface area contributed by atoms with E-state index in [1.165, 1.54) is 0 Å². The molecular formula is C9H10ClN5. The summed E-state index contributed by atoms with van der Waals surface area (Å²) in [6.45, 7) is 2.15. The van der Waals surface area contributed by atoms with Crippen molar-refractivity contribution in [3.8, 4) is 0 Å². The highest BCUT2D eigenvalue weighted by Gasteiger charge is 2.43. The first-order valence-electron chi connectivity index (χ1n) is 4.77. The Labute approximate surface area is 91.3 Å². The van der Waals surface area contributed by atoms with Crippen molar-refractivity contribution in [1.82, 2.24) is 19.6 Å². The van der Waals surface area contributed by atoms with E-state index in [1.807, 2.05) is 0 Å². The second kappa shape index (κ2) is 2.61. The molecule has 3 rings (SSSR count). The Hall–Kier alpha value is -1.36. The van der Waals surface area contributed by atoms with Crippen molar-refractivity contribution in [2.45, 2.75) is 25.2 Å². The summed E-state index contributed by atoms with van der Waals surface area (Å²) < 4.78 is 1.71. The largest absolute Gasteiger partial charge is 0.367 e. The Morgan fingerprint density at radius 3 is 2.93 bits per heavy atom. The highest BCUT2D eigenvalue weighted by atomic mass is 35.5. The zero-order chi connectivity index (χ0) is 10.6. The Bertz CT molecular complexity index is 543.